The fourth-order valence-corrected chi connectivity index (χ4v) is 6.43. The Labute approximate surface area is 309 Å². The summed E-state index contributed by atoms with van der Waals surface area (Å²) in [5, 5.41) is 67.0. The number of rotatable bonds is 13. The van der Waals surface area contributed by atoms with Crippen LogP contribution in [0.4, 0.5) is 11.4 Å². The van der Waals surface area contributed by atoms with E-state index in [-0.39, 0.29) is 29.0 Å². The number of aliphatic imine (C=N–C) groups is 2. The van der Waals surface area contributed by atoms with E-state index in [1.54, 1.807) is 30.3 Å². The second-order valence-electron chi connectivity index (χ2n) is 13.6. The van der Waals surface area contributed by atoms with Crippen molar-refractivity contribution in [3.8, 4) is 5.75 Å². The summed E-state index contributed by atoms with van der Waals surface area (Å²) in [6, 6.07) is 14.1. The predicted octanol–water partition coefficient (Wildman–Crippen LogP) is 2.46. The number of anilines is 1. The Kier molecular flexibility index (Phi) is 12.3. The maximum atomic E-state index is 13.5. The number of ether oxygens (including phenoxy) is 1. The summed E-state index contributed by atoms with van der Waals surface area (Å²) >= 11 is 3.53. The van der Waals surface area contributed by atoms with Crippen molar-refractivity contribution < 1.29 is 39.9 Å². The first-order valence-corrected chi connectivity index (χ1v) is 17.4. The minimum absolute atomic E-state index is 0.161. The third-order valence-electron chi connectivity index (χ3n) is 8.59. The third kappa shape index (κ3) is 9.51. The van der Waals surface area contributed by atoms with Gasteiger partial charge in [-0.2, -0.15) is 0 Å². The molecule has 0 bridgehead atoms. The molecule has 0 saturated carbocycles. The van der Waals surface area contributed by atoms with E-state index in [1.165, 1.54) is 19.2 Å². The van der Waals surface area contributed by atoms with Crippen LogP contribution in [0, 0.1) is 0 Å². The maximum Gasteiger partial charge on any atom is 0.323 e. The maximum absolute atomic E-state index is 13.5. The first-order chi connectivity index (χ1) is 24.6. The third-order valence-corrected chi connectivity index (χ3v) is 9.05. The van der Waals surface area contributed by atoms with Crippen LogP contribution in [0.1, 0.15) is 61.4 Å². The molecule has 16 heteroatoms. The molecule has 52 heavy (non-hydrogen) atoms. The molecule has 278 valence electrons. The van der Waals surface area contributed by atoms with Gasteiger partial charge >= 0.3 is 5.97 Å². The van der Waals surface area contributed by atoms with E-state index in [2.05, 4.69) is 52.5 Å². The number of aliphatic hydroxyl groups excluding tert-OH is 3. The lowest BCUT2D eigenvalue weighted by molar-refractivity contribution is -0.141. The molecule has 0 radical (unpaired) electrons. The second kappa shape index (κ2) is 16.5. The van der Waals surface area contributed by atoms with Crippen molar-refractivity contribution in [2.45, 2.75) is 62.9 Å². The number of hydrogen-bond acceptors (Lipinski definition) is 13. The number of β-amino-alcohol motifs (C(OH)–C–C–N with tert-alkyl or cyclic N) is 1. The number of carboxylic acids is 1. The fourth-order valence-electron chi connectivity index (χ4n) is 5.92. The van der Waals surface area contributed by atoms with Gasteiger partial charge in [-0.3, -0.25) is 30.2 Å². The van der Waals surface area contributed by atoms with Gasteiger partial charge in [-0.25, -0.2) is 0 Å². The van der Waals surface area contributed by atoms with Gasteiger partial charge < -0.3 is 46.2 Å². The Morgan fingerprint density at radius 1 is 1.06 bits per heavy atom. The van der Waals surface area contributed by atoms with Crippen molar-refractivity contribution in [1.82, 2.24) is 21.3 Å². The Balaban J connectivity index is 1.36. The van der Waals surface area contributed by atoms with Crippen LogP contribution in [0.3, 0.4) is 0 Å². The molecule has 0 spiro atoms. The van der Waals surface area contributed by atoms with Crippen LogP contribution in [-0.4, -0.2) is 94.2 Å². The molecule has 3 aromatic carbocycles. The molecule has 5 unspecified atom stereocenters. The van der Waals surface area contributed by atoms with Crippen molar-refractivity contribution in [2.75, 3.05) is 32.1 Å². The van der Waals surface area contributed by atoms with Gasteiger partial charge in [0.2, 0.25) is 5.91 Å². The van der Waals surface area contributed by atoms with Gasteiger partial charge in [0.25, 0.3) is 0 Å². The largest absolute Gasteiger partial charge is 0.508 e. The fraction of sp³-hybridized carbons (Fsp3) is 0.389. The summed E-state index contributed by atoms with van der Waals surface area (Å²) in [5.41, 5.74) is 3.06. The van der Waals surface area contributed by atoms with E-state index in [9.17, 15) is 35.1 Å². The van der Waals surface area contributed by atoms with E-state index in [0.29, 0.717) is 33.9 Å². The number of aliphatic hydroxyl groups is 3. The molecule has 0 saturated heterocycles. The van der Waals surface area contributed by atoms with Gasteiger partial charge in [-0.15, -0.1) is 0 Å². The topological polar surface area (TPSA) is 229 Å². The number of aromatic hydroxyl groups is 1. The molecule has 1 amide bonds. The number of benzene rings is 3. The number of fused-ring (bicyclic) bond motifs is 1. The number of halogens is 1. The summed E-state index contributed by atoms with van der Waals surface area (Å²) < 4.78 is 6.27. The van der Waals surface area contributed by atoms with Gasteiger partial charge in [-0.05, 0) is 46.9 Å². The number of methoxy groups -OCH3 is 1. The van der Waals surface area contributed by atoms with E-state index >= 15 is 0 Å². The van der Waals surface area contributed by atoms with Crippen LogP contribution in [0.15, 0.2) is 75.1 Å². The number of amides is 1. The Bertz CT molecular complexity index is 1850. The molecule has 2 aliphatic rings. The first-order valence-electron chi connectivity index (χ1n) is 16.6. The first kappa shape index (κ1) is 38.8. The predicted molar refractivity (Wildman–Crippen MR) is 199 cm³/mol. The van der Waals surface area contributed by atoms with Crippen LogP contribution >= 0.6 is 15.9 Å². The van der Waals surface area contributed by atoms with Gasteiger partial charge in [0.05, 0.1) is 36.6 Å². The van der Waals surface area contributed by atoms with Crippen molar-refractivity contribution in [3.05, 3.63) is 87.4 Å². The molecule has 0 aromatic heterocycles. The number of carbonyl (C=O) groups is 2. The number of hydrogen-bond donors (Lipinski definition) is 10. The molecular weight excluding hydrogens is 738 g/mol. The standard InChI is InChI=1S/C36H44BrN7O8/c1-36(2,3)20-9-18(10-21(37)13-20)28(29(34(50)51)44-33(49)30-31(52-4)25-7-5-6-8-26(25)42-30)43-27(47)17-38-32(48)19-11-22(14-23(45)12-19)41-35-39-15-24(46)16-40-35/h5-14,24,28-29,31-33,38,44-46,48-49H,15-17H2,1-4H3,(H,43,47)(H,50,51)(H2,39,40,41)/t28?,29-,31?,32?,33?/m0/s1. The Morgan fingerprint density at radius 3 is 2.48 bits per heavy atom. The number of guanidine groups is 1. The van der Waals surface area contributed by atoms with Crippen molar-refractivity contribution in [1.29, 1.82) is 0 Å². The Morgan fingerprint density at radius 2 is 1.81 bits per heavy atom. The highest BCUT2D eigenvalue weighted by Gasteiger charge is 2.38. The molecule has 5 rings (SSSR count). The number of para-hydroxylation sites is 1. The van der Waals surface area contributed by atoms with Gasteiger partial charge in [0, 0.05) is 41.0 Å². The quantitative estimate of drug-likeness (QED) is 0.113. The van der Waals surface area contributed by atoms with Crippen LogP contribution in [0.25, 0.3) is 0 Å². The van der Waals surface area contributed by atoms with Crippen LogP contribution in [0.2, 0.25) is 0 Å². The summed E-state index contributed by atoms with van der Waals surface area (Å²) in [5.74, 6) is -1.80. The number of carbonyl (C=O) groups excluding carboxylic acids is 1. The number of nitrogens with one attached hydrogen (secondary N) is 5. The lowest BCUT2D eigenvalue weighted by Gasteiger charge is -2.31. The zero-order valence-electron chi connectivity index (χ0n) is 29.1. The van der Waals surface area contributed by atoms with Gasteiger partial charge in [-0.1, -0.05) is 61.0 Å². The monoisotopic (exact) mass is 781 g/mol. The molecular formula is C36H44BrN7O8. The molecule has 3 aromatic rings. The number of carboxylic acid groups (broad SMARTS) is 1. The lowest BCUT2D eigenvalue weighted by Crippen LogP contribution is -2.55. The van der Waals surface area contributed by atoms with Gasteiger partial charge in [0.1, 0.15) is 30.4 Å². The van der Waals surface area contributed by atoms with Crippen molar-refractivity contribution in [2.24, 2.45) is 9.98 Å². The average Bonchev–Trinajstić information content (AvgIpc) is 3.47. The summed E-state index contributed by atoms with van der Waals surface area (Å²) in [4.78, 5) is 35.2. The normalized spacial score (nSPS) is 19.3. The highest BCUT2D eigenvalue weighted by atomic mass is 79.9. The SMILES string of the molecule is COC1C(C(O)N[C@H](C(=O)O)C(NC(=O)CNC(O)c2cc(O)cc(NC3=NCC(O)CN3)c2)c2cc(Br)cc(C(C)(C)C)c2)=Nc2ccccc21. The minimum Gasteiger partial charge on any atom is -0.508 e. The van der Waals surface area contributed by atoms with E-state index in [0.717, 1.165) is 11.1 Å². The molecule has 0 fully saturated rings. The average molecular weight is 783 g/mol. The zero-order chi connectivity index (χ0) is 37.7. The van der Waals surface area contributed by atoms with E-state index < -0.39 is 55.2 Å². The molecule has 0 aliphatic carbocycles. The molecule has 6 atom stereocenters. The van der Waals surface area contributed by atoms with Crippen LogP contribution in [-0.2, 0) is 19.7 Å². The second-order valence-corrected chi connectivity index (χ2v) is 14.5. The summed E-state index contributed by atoms with van der Waals surface area (Å²) in [6.07, 6.45) is -4.32. The number of phenolic OH excluding ortho intramolecular Hbond substituents is 1. The molecule has 2 heterocycles. The van der Waals surface area contributed by atoms with Crippen molar-refractivity contribution in [3.63, 3.8) is 0 Å². The molecule has 2 aliphatic heterocycles. The zero-order valence-corrected chi connectivity index (χ0v) is 30.7. The van der Waals surface area contributed by atoms with Crippen LogP contribution in [0.5, 0.6) is 5.75 Å². The number of nitrogens with zero attached hydrogens (tertiary/aromatic N) is 2. The lowest BCUT2D eigenvalue weighted by atomic mass is 9.84. The smallest absolute Gasteiger partial charge is 0.323 e. The summed E-state index contributed by atoms with van der Waals surface area (Å²) in [6.45, 7) is 6.04. The summed E-state index contributed by atoms with van der Waals surface area (Å²) in [7, 11) is 1.46. The molecule has 15 nitrogen and oxygen atoms in total. The van der Waals surface area contributed by atoms with Crippen LogP contribution < -0.4 is 26.6 Å². The minimum atomic E-state index is -1.57. The van der Waals surface area contributed by atoms with Gasteiger partial charge in [0.15, 0.2) is 5.96 Å². The Hall–Kier alpha value is -4.42. The van der Waals surface area contributed by atoms with E-state index in [1.807, 2.05) is 39.0 Å². The number of aliphatic carboxylic acids is 1. The molecule has 10 N–H and O–H groups in total. The van der Waals surface area contributed by atoms with E-state index in [4.69, 9.17) is 4.74 Å². The highest BCUT2D eigenvalue weighted by Crippen LogP contribution is 2.37. The van der Waals surface area contributed by atoms with Crippen molar-refractivity contribution >= 4 is 50.9 Å². The number of phenols is 1. The highest BCUT2D eigenvalue weighted by molar-refractivity contribution is 9.10.